The van der Waals surface area contributed by atoms with Crippen molar-refractivity contribution in [2.75, 3.05) is 30.9 Å². The van der Waals surface area contributed by atoms with Gasteiger partial charge in [-0.1, -0.05) is 0 Å². The molecule has 1 aromatic heterocycles. The first kappa shape index (κ1) is 13.8. The Labute approximate surface area is 119 Å². The van der Waals surface area contributed by atoms with Gasteiger partial charge in [-0.3, -0.25) is 0 Å². The van der Waals surface area contributed by atoms with Crippen LogP contribution in [-0.4, -0.2) is 50.4 Å². The van der Waals surface area contributed by atoms with Crippen LogP contribution in [0.5, 0.6) is 0 Å². The van der Waals surface area contributed by atoms with Crippen molar-refractivity contribution >= 4 is 15.8 Å². The first-order valence-corrected chi connectivity index (χ1v) is 8.71. The first-order chi connectivity index (χ1) is 9.44. The number of aromatic nitrogens is 2. The van der Waals surface area contributed by atoms with Gasteiger partial charge in [0.25, 0.3) is 0 Å². The smallest absolute Gasteiger partial charge is 0.225 e. The topological polar surface area (TPSA) is 72.4 Å². The Morgan fingerprint density at radius 3 is 2.80 bits per heavy atom. The molecule has 0 bridgehead atoms. The van der Waals surface area contributed by atoms with Crippen LogP contribution < -0.4 is 4.90 Å². The van der Waals surface area contributed by atoms with Crippen LogP contribution in [0.25, 0.3) is 0 Å². The Morgan fingerprint density at radius 2 is 2.20 bits per heavy atom. The van der Waals surface area contributed by atoms with Gasteiger partial charge in [0.2, 0.25) is 5.95 Å². The van der Waals surface area contributed by atoms with E-state index in [1.54, 1.807) is 12.3 Å². The molecule has 110 valence electrons. The van der Waals surface area contributed by atoms with Crippen molar-refractivity contribution in [2.45, 2.75) is 30.6 Å². The number of rotatable bonds is 3. The summed E-state index contributed by atoms with van der Waals surface area (Å²) in [6, 6.07) is 1.93. The highest BCUT2D eigenvalue weighted by Gasteiger charge is 2.55. The number of sulfone groups is 1. The standard InChI is InChI=1S/C13H19N3O3S/c1-10-9-19-8-7-16(10)12-14-6-3-11(15-12)13(4-5-13)20(2,17)18/h3,6,10H,4-5,7-9H2,1-2H3/t10-/m0/s1. The van der Waals surface area contributed by atoms with Gasteiger partial charge in [0.15, 0.2) is 9.84 Å². The van der Waals surface area contributed by atoms with E-state index in [1.807, 2.05) is 0 Å². The largest absolute Gasteiger partial charge is 0.377 e. The molecule has 0 N–H and O–H groups in total. The van der Waals surface area contributed by atoms with Crippen LogP contribution in [-0.2, 0) is 19.3 Å². The molecule has 1 aromatic rings. The van der Waals surface area contributed by atoms with Gasteiger partial charge in [0.05, 0.1) is 24.9 Å². The summed E-state index contributed by atoms with van der Waals surface area (Å²) in [5.41, 5.74) is 0.628. The molecule has 2 heterocycles. The molecule has 1 saturated carbocycles. The van der Waals surface area contributed by atoms with Crippen molar-refractivity contribution < 1.29 is 13.2 Å². The summed E-state index contributed by atoms with van der Waals surface area (Å²) in [6.07, 6.45) is 4.26. The van der Waals surface area contributed by atoms with Crippen LogP contribution in [0.3, 0.4) is 0 Å². The lowest BCUT2D eigenvalue weighted by Crippen LogP contribution is -2.44. The van der Waals surface area contributed by atoms with Gasteiger partial charge in [0.1, 0.15) is 4.75 Å². The second-order valence-corrected chi connectivity index (χ2v) is 7.95. The van der Waals surface area contributed by atoms with Gasteiger partial charge >= 0.3 is 0 Å². The quantitative estimate of drug-likeness (QED) is 0.819. The van der Waals surface area contributed by atoms with Crippen molar-refractivity contribution in [1.82, 2.24) is 9.97 Å². The minimum atomic E-state index is -3.14. The van der Waals surface area contributed by atoms with E-state index in [-0.39, 0.29) is 6.04 Å². The molecule has 2 aliphatic rings. The molecule has 7 heteroatoms. The maximum absolute atomic E-state index is 12.0. The molecule has 1 saturated heterocycles. The number of morpholine rings is 1. The van der Waals surface area contributed by atoms with Crippen LogP contribution in [0.1, 0.15) is 25.5 Å². The summed E-state index contributed by atoms with van der Waals surface area (Å²) in [5, 5.41) is 0. The molecule has 6 nitrogen and oxygen atoms in total. The van der Waals surface area contributed by atoms with Crippen molar-refractivity contribution in [3.63, 3.8) is 0 Å². The van der Waals surface area contributed by atoms with Crippen LogP contribution in [0.4, 0.5) is 5.95 Å². The SMILES string of the molecule is C[C@H]1COCCN1c1nccc(C2(S(C)(=O)=O)CC2)n1. The fourth-order valence-corrected chi connectivity index (χ4v) is 4.03. The predicted octanol–water partition coefficient (Wildman–Crippen LogP) is 0.735. The van der Waals surface area contributed by atoms with Crippen molar-refractivity contribution in [3.05, 3.63) is 18.0 Å². The van der Waals surface area contributed by atoms with E-state index in [4.69, 9.17) is 4.74 Å². The third-order valence-electron chi connectivity index (χ3n) is 4.15. The molecule has 0 radical (unpaired) electrons. The molecule has 3 rings (SSSR count). The zero-order valence-corrected chi connectivity index (χ0v) is 12.6. The molecule has 0 aromatic carbocycles. The van der Waals surface area contributed by atoms with E-state index in [0.29, 0.717) is 37.7 Å². The van der Waals surface area contributed by atoms with Gasteiger partial charge in [0, 0.05) is 19.0 Å². The highest BCUT2D eigenvalue weighted by atomic mass is 32.2. The fourth-order valence-electron chi connectivity index (χ4n) is 2.70. The maximum atomic E-state index is 12.0. The van der Waals surface area contributed by atoms with Gasteiger partial charge in [-0.15, -0.1) is 0 Å². The molecule has 0 unspecified atom stereocenters. The Bertz CT molecular complexity index is 613. The zero-order chi connectivity index (χ0) is 14.4. The van der Waals surface area contributed by atoms with Crippen molar-refractivity contribution in [3.8, 4) is 0 Å². The van der Waals surface area contributed by atoms with Crippen LogP contribution in [0.2, 0.25) is 0 Å². The van der Waals surface area contributed by atoms with E-state index in [1.165, 1.54) is 6.26 Å². The lowest BCUT2D eigenvalue weighted by atomic mass is 10.2. The minimum Gasteiger partial charge on any atom is -0.377 e. The third kappa shape index (κ3) is 2.18. The number of hydrogen-bond donors (Lipinski definition) is 0. The molecular formula is C13H19N3O3S. The maximum Gasteiger partial charge on any atom is 0.225 e. The van der Waals surface area contributed by atoms with E-state index < -0.39 is 14.6 Å². The highest BCUT2D eigenvalue weighted by Crippen LogP contribution is 2.51. The van der Waals surface area contributed by atoms with Crippen LogP contribution in [0.15, 0.2) is 12.3 Å². The van der Waals surface area contributed by atoms with Crippen molar-refractivity contribution in [2.24, 2.45) is 0 Å². The molecule has 0 spiro atoms. The zero-order valence-electron chi connectivity index (χ0n) is 11.7. The summed E-state index contributed by atoms with van der Waals surface area (Å²) in [5.74, 6) is 0.605. The second-order valence-electron chi connectivity index (χ2n) is 5.63. The van der Waals surface area contributed by atoms with Crippen LogP contribution >= 0.6 is 0 Å². The Morgan fingerprint density at radius 1 is 1.45 bits per heavy atom. The monoisotopic (exact) mass is 297 g/mol. The fraction of sp³-hybridized carbons (Fsp3) is 0.692. The average molecular weight is 297 g/mol. The van der Waals surface area contributed by atoms with Crippen LogP contribution in [0, 0.1) is 0 Å². The number of anilines is 1. The molecule has 20 heavy (non-hydrogen) atoms. The molecule has 1 atom stereocenters. The summed E-state index contributed by atoms with van der Waals surface area (Å²) >= 11 is 0. The second kappa shape index (κ2) is 4.66. The third-order valence-corrected chi connectivity index (χ3v) is 6.19. The lowest BCUT2D eigenvalue weighted by molar-refractivity contribution is 0.0980. The number of nitrogens with zero attached hydrogens (tertiary/aromatic N) is 3. The van der Waals surface area contributed by atoms with E-state index in [9.17, 15) is 8.42 Å². The van der Waals surface area contributed by atoms with Gasteiger partial charge in [-0.05, 0) is 25.8 Å². The highest BCUT2D eigenvalue weighted by molar-refractivity contribution is 7.91. The van der Waals surface area contributed by atoms with E-state index in [2.05, 4.69) is 21.8 Å². The summed E-state index contributed by atoms with van der Waals surface area (Å²) in [7, 11) is -3.14. The van der Waals surface area contributed by atoms with Gasteiger partial charge in [-0.2, -0.15) is 0 Å². The Hall–Kier alpha value is -1.21. The van der Waals surface area contributed by atoms with Gasteiger partial charge < -0.3 is 9.64 Å². The lowest BCUT2D eigenvalue weighted by Gasteiger charge is -2.33. The Balaban J connectivity index is 1.95. The summed E-state index contributed by atoms with van der Waals surface area (Å²) in [4.78, 5) is 10.9. The van der Waals surface area contributed by atoms with Gasteiger partial charge in [-0.25, -0.2) is 18.4 Å². The number of hydrogen-bond acceptors (Lipinski definition) is 6. The molecular weight excluding hydrogens is 278 g/mol. The molecule has 1 aliphatic carbocycles. The molecule has 2 fully saturated rings. The molecule has 1 aliphatic heterocycles. The van der Waals surface area contributed by atoms with Crippen molar-refractivity contribution in [1.29, 1.82) is 0 Å². The minimum absolute atomic E-state index is 0.201. The normalized spacial score (nSPS) is 25.5. The van der Waals surface area contributed by atoms with E-state index in [0.717, 1.165) is 6.54 Å². The molecule has 0 amide bonds. The average Bonchev–Trinajstić information content (AvgIpc) is 3.20. The van der Waals surface area contributed by atoms with E-state index >= 15 is 0 Å². The Kier molecular flexibility index (Phi) is 3.21. The number of ether oxygens (including phenoxy) is 1. The first-order valence-electron chi connectivity index (χ1n) is 6.81. The summed E-state index contributed by atoms with van der Waals surface area (Å²) in [6.45, 7) is 4.08. The predicted molar refractivity (Wildman–Crippen MR) is 75.4 cm³/mol. The summed E-state index contributed by atoms with van der Waals surface area (Å²) < 4.78 is 28.6.